The highest BCUT2D eigenvalue weighted by atomic mass is 16.4. The van der Waals surface area contributed by atoms with Gasteiger partial charge in [-0.15, -0.1) is 0 Å². The van der Waals surface area contributed by atoms with Gasteiger partial charge in [0.05, 0.1) is 16.8 Å². The molecule has 27 heavy (non-hydrogen) atoms. The molecule has 0 fully saturated rings. The first-order chi connectivity index (χ1) is 12.8. The molecule has 3 rings (SSSR count). The second-order valence-corrected chi connectivity index (χ2v) is 7.52. The van der Waals surface area contributed by atoms with Crippen LogP contribution in [0.25, 0.3) is 5.57 Å². The molecule has 0 unspecified atom stereocenters. The summed E-state index contributed by atoms with van der Waals surface area (Å²) in [5.41, 5.74) is 5.83. The third kappa shape index (κ3) is 3.95. The largest absolute Gasteiger partial charge is 0.478 e. The zero-order valence-electron chi connectivity index (χ0n) is 16.4. The molecule has 2 aromatic carbocycles. The van der Waals surface area contributed by atoms with E-state index >= 15 is 0 Å². The van der Waals surface area contributed by atoms with Crippen LogP contribution in [0.3, 0.4) is 0 Å². The van der Waals surface area contributed by atoms with Gasteiger partial charge in [-0.2, -0.15) is 0 Å². The highest BCUT2D eigenvalue weighted by Crippen LogP contribution is 2.39. The van der Waals surface area contributed by atoms with Gasteiger partial charge in [0.2, 0.25) is 0 Å². The number of carboxylic acid groups (broad SMARTS) is 1. The summed E-state index contributed by atoms with van der Waals surface area (Å²) in [5, 5.41) is 8.97. The lowest BCUT2D eigenvalue weighted by Crippen LogP contribution is -2.45. The number of hydrogen-bond acceptors (Lipinski definition) is 3. The van der Waals surface area contributed by atoms with Crippen LogP contribution in [0.4, 0.5) is 11.4 Å². The van der Waals surface area contributed by atoms with Crippen molar-refractivity contribution in [1.29, 1.82) is 0 Å². The van der Waals surface area contributed by atoms with Crippen LogP contribution in [0.2, 0.25) is 0 Å². The Bertz CT molecular complexity index is 908. The zero-order chi connectivity index (χ0) is 19.6. The number of allylic oxidation sites excluding steroid dienone is 1. The van der Waals surface area contributed by atoms with Gasteiger partial charge in [-0.05, 0) is 74.7 Å². The first-order valence-corrected chi connectivity index (χ1v) is 9.31. The Balaban J connectivity index is 1.89. The molecule has 0 aromatic heterocycles. The molecule has 1 aliphatic rings. The van der Waals surface area contributed by atoms with Crippen molar-refractivity contribution in [2.45, 2.75) is 39.7 Å². The highest BCUT2D eigenvalue weighted by Gasteiger charge is 2.30. The van der Waals surface area contributed by atoms with Gasteiger partial charge >= 0.3 is 5.97 Å². The van der Waals surface area contributed by atoms with Gasteiger partial charge in [-0.3, -0.25) is 4.99 Å². The van der Waals surface area contributed by atoms with E-state index in [4.69, 9.17) is 5.11 Å². The average Bonchev–Trinajstić information content (AvgIpc) is 2.63. The van der Waals surface area contributed by atoms with Crippen molar-refractivity contribution in [3.63, 3.8) is 0 Å². The quantitative estimate of drug-likeness (QED) is 0.710. The van der Waals surface area contributed by atoms with E-state index in [1.807, 2.05) is 6.21 Å². The maximum absolute atomic E-state index is 10.9. The average molecular weight is 362 g/mol. The standard InChI is InChI=1S/C23H26N2O2/c1-5-12-25-21-11-6-17(13-20(21)16(2)14-23(25,3)4)15-24-19-9-7-18(8-10-19)22(26)27/h6-11,13-15H,5,12H2,1-4H3,(H,26,27). The van der Waals surface area contributed by atoms with E-state index in [1.165, 1.54) is 16.8 Å². The summed E-state index contributed by atoms with van der Waals surface area (Å²) in [6, 6.07) is 13.0. The molecule has 0 spiro atoms. The van der Waals surface area contributed by atoms with E-state index in [1.54, 1.807) is 24.3 Å². The lowest BCUT2D eigenvalue weighted by atomic mass is 9.88. The molecule has 0 radical (unpaired) electrons. The molecule has 1 heterocycles. The normalized spacial score (nSPS) is 15.6. The number of rotatable bonds is 5. The number of benzene rings is 2. The topological polar surface area (TPSA) is 52.9 Å². The van der Waals surface area contributed by atoms with Crippen LogP contribution in [0.5, 0.6) is 0 Å². The van der Waals surface area contributed by atoms with Crippen LogP contribution in [0.15, 0.2) is 53.5 Å². The van der Waals surface area contributed by atoms with Crippen molar-refractivity contribution in [3.05, 3.63) is 65.2 Å². The molecule has 1 N–H and O–H groups in total. The first-order valence-electron chi connectivity index (χ1n) is 9.31. The molecule has 2 aromatic rings. The van der Waals surface area contributed by atoms with E-state index in [0.717, 1.165) is 24.2 Å². The molecule has 1 aliphatic heterocycles. The minimum atomic E-state index is -0.929. The summed E-state index contributed by atoms with van der Waals surface area (Å²) in [7, 11) is 0. The third-order valence-corrected chi connectivity index (χ3v) is 4.93. The summed E-state index contributed by atoms with van der Waals surface area (Å²) in [6.07, 6.45) is 5.26. The number of carbonyl (C=O) groups is 1. The van der Waals surface area contributed by atoms with Crippen molar-refractivity contribution in [1.82, 2.24) is 0 Å². The van der Waals surface area contributed by atoms with Gasteiger partial charge < -0.3 is 10.0 Å². The molecular weight excluding hydrogens is 336 g/mol. The molecule has 0 atom stereocenters. The van der Waals surface area contributed by atoms with Gasteiger partial charge in [-0.25, -0.2) is 4.79 Å². The first kappa shape index (κ1) is 18.9. The predicted molar refractivity (Wildman–Crippen MR) is 112 cm³/mol. The second kappa shape index (κ2) is 7.39. The molecule has 4 heteroatoms. The Morgan fingerprint density at radius 2 is 1.89 bits per heavy atom. The summed E-state index contributed by atoms with van der Waals surface area (Å²) in [6.45, 7) is 9.90. The van der Waals surface area contributed by atoms with Crippen LogP contribution >= 0.6 is 0 Å². The lowest BCUT2D eigenvalue weighted by Gasteiger charge is -2.43. The summed E-state index contributed by atoms with van der Waals surface area (Å²) in [5.74, 6) is -0.929. The molecule has 140 valence electrons. The maximum atomic E-state index is 10.9. The van der Waals surface area contributed by atoms with Crippen LogP contribution < -0.4 is 4.90 Å². The number of nitrogens with zero attached hydrogens (tertiary/aromatic N) is 2. The second-order valence-electron chi connectivity index (χ2n) is 7.52. The van der Waals surface area contributed by atoms with Gasteiger partial charge in [0, 0.05) is 24.0 Å². The van der Waals surface area contributed by atoms with E-state index in [-0.39, 0.29) is 11.1 Å². The Morgan fingerprint density at radius 1 is 1.19 bits per heavy atom. The van der Waals surface area contributed by atoms with E-state index < -0.39 is 5.97 Å². The molecule has 0 bridgehead atoms. The van der Waals surface area contributed by atoms with Gasteiger partial charge in [-0.1, -0.05) is 19.1 Å². The fraction of sp³-hybridized carbons (Fsp3) is 0.304. The fourth-order valence-corrected chi connectivity index (χ4v) is 3.65. The van der Waals surface area contributed by atoms with Gasteiger partial charge in [0.1, 0.15) is 0 Å². The Hall–Kier alpha value is -2.88. The SMILES string of the molecule is CCCN1c2ccc(C=Nc3ccc(C(=O)O)cc3)cc2C(C)=CC1(C)C. The zero-order valence-corrected chi connectivity index (χ0v) is 16.4. The van der Waals surface area contributed by atoms with Crippen LogP contribution in [0.1, 0.15) is 55.6 Å². The number of aromatic carboxylic acids is 1. The molecule has 0 aliphatic carbocycles. The minimum absolute atomic E-state index is 0.00852. The summed E-state index contributed by atoms with van der Waals surface area (Å²) >= 11 is 0. The van der Waals surface area contributed by atoms with Crippen molar-refractivity contribution in [2.24, 2.45) is 4.99 Å². The monoisotopic (exact) mass is 362 g/mol. The Morgan fingerprint density at radius 3 is 2.52 bits per heavy atom. The van der Waals surface area contributed by atoms with E-state index in [2.05, 4.69) is 61.9 Å². The number of anilines is 1. The third-order valence-electron chi connectivity index (χ3n) is 4.93. The highest BCUT2D eigenvalue weighted by molar-refractivity contribution is 5.90. The van der Waals surface area contributed by atoms with Crippen LogP contribution in [-0.2, 0) is 0 Å². The van der Waals surface area contributed by atoms with E-state index in [0.29, 0.717) is 0 Å². The molecule has 0 saturated carbocycles. The van der Waals surface area contributed by atoms with Gasteiger partial charge in [0.15, 0.2) is 0 Å². The Labute approximate surface area is 160 Å². The minimum Gasteiger partial charge on any atom is -0.478 e. The van der Waals surface area contributed by atoms with Gasteiger partial charge in [0.25, 0.3) is 0 Å². The van der Waals surface area contributed by atoms with Crippen LogP contribution in [-0.4, -0.2) is 29.4 Å². The molecule has 0 saturated heterocycles. The summed E-state index contributed by atoms with van der Waals surface area (Å²) < 4.78 is 0. The van der Waals surface area contributed by atoms with Crippen molar-refractivity contribution in [2.75, 3.05) is 11.4 Å². The molecule has 0 amide bonds. The fourth-order valence-electron chi connectivity index (χ4n) is 3.65. The smallest absolute Gasteiger partial charge is 0.335 e. The number of fused-ring (bicyclic) bond motifs is 1. The van der Waals surface area contributed by atoms with Crippen molar-refractivity contribution < 1.29 is 9.90 Å². The van der Waals surface area contributed by atoms with Crippen molar-refractivity contribution in [3.8, 4) is 0 Å². The number of carboxylic acids is 1. The molecular formula is C23H26N2O2. The molecule has 4 nitrogen and oxygen atoms in total. The van der Waals surface area contributed by atoms with Crippen molar-refractivity contribution >= 4 is 29.1 Å². The maximum Gasteiger partial charge on any atom is 0.335 e. The van der Waals surface area contributed by atoms with E-state index in [9.17, 15) is 4.79 Å². The number of hydrogen-bond donors (Lipinski definition) is 1. The predicted octanol–water partition coefficient (Wildman–Crippen LogP) is 5.55. The Kier molecular flexibility index (Phi) is 5.17. The van der Waals surface area contributed by atoms with Crippen LogP contribution in [0, 0.1) is 0 Å². The lowest BCUT2D eigenvalue weighted by molar-refractivity contribution is 0.0697. The summed E-state index contributed by atoms with van der Waals surface area (Å²) in [4.78, 5) is 17.9. The number of aliphatic imine (C=N–C) groups is 1.